The Bertz CT molecular complexity index is 661. The Labute approximate surface area is 136 Å². The molecule has 0 aliphatic carbocycles. The Morgan fingerprint density at radius 1 is 1.13 bits per heavy atom. The first-order chi connectivity index (χ1) is 11.2. The van der Waals surface area contributed by atoms with Crippen LogP contribution in [-0.2, 0) is 4.74 Å². The lowest BCUT2D eigenvalue weighted by Gasteiger charge is -2.12. The second-order valence-corrected chi connectivity index (χ2v) is 5.86. The molecule has 1 aliphatic heterocycles. The van der Waals surface area contributed by atoms with E-state index in [-0.39, 0.29) is 5.91 Å². The van der Waals surface area contributed by atoms with E-state index in [9.17, 15) is 4.79 Å². The maximum absolute atomic E-state index is 12.3. The molecule has 0 spiro atoms. The summed E-state index contributed by atoms with van der Waals surface area (Å²) in [5.74, 6) is -0.0804. The molecule has 0 saturated carbocycles. The molecule has 3 rings (SSSR count). The maximum atomic E-state index is 12.3. The number of benzene rings is 2. The maximum Gasteiger partial charge on any atom is 0.255 e. The first-order valence-electron chi connectivity index (χ1n) is 8.05. The average molecular weight is 310 g/mol. The monoisotopic (exact) mass is 310 g/mol. The number of ether oxygens (including phenoxy) is 1. The molecular formula is C19H22N2O2. The molecule has 1 atom stereocenters. The number of rotatable bonds is 5. The second-order valence-electron chi connectivity index (χ2n) is 5.86. The molecule has 2 aromatic rings. The van der Waals surface area contributed by atoms with Gasteiger partial charge in [-0.3, -0.25) is 4.79 Å². The highest BCUT2D eigenvalue weighted by Gasteiger charge is 2.14. The summed E-state index contributed by atoms with van der Waals surface area (Å²) in [6.07, 6.45) is 2.59. The summed E-state index contributed by atoms with van der Waals surface area (Å²) in [4.78, 5) is 12.3. The van der Waals surface area contributed by atoms with Crippen molar-refractivity contribution in [1.82, 2.24) is 0 Å². The summed E-state index contributed by atoms with van der Waals surface area (Å²) >= 11 is 0. The first-order valence-corrected chi connectivity index (χ1v) is 8.05. The number of carbonyl (C=O) groups excluding carboxylic acids is 1. The predicted octanol–water partition coefficient (Wildman–Crippen LogP) is 3.84. The van der Waals surface area contributed by atoms with Gasteiger partial charge in [-0.15, -0.1) is 0 Å². The molecule has 1 fully saturated rings. The molecule has 4 nitrogen and oxygen atoms in total. The van der Waals surface area contributed by atoms with Gasteiger partial charge in [-0.1, -0.05) is 18.2 Å². The number of carbonyl (C=O) groups is 1. The summed E-state index contributed by atoms with van der Waals surface area (Å²) < 4.78 is 5.59. The number of hydrogen-bond acceptors (Lipinski definition) is 3. The van der Waals surface area contributed by atoms with Crippen molar-refractivity contribution < 1.29 is 9.53 Å². The zero-order valence-electron chi connectivity index (χ0n) is 13.3. The number of aryl methyl sites for hydroxylation is 1. The smallest absolute Gasteiger partial charge is 0.255 e. The van der Waals surface area contributed by atoms with Gasteiger partial charge in [-0.25, -0.2) is 0 Å². The minimum atomic E-state index is -0.0804. The molecule has 4 heteroatoms. The summed E-state index contributed by atoms with van der Waals surface area (Å²) in [6.45, 7) is 3.64. The summed E-state index contributed by atoms with van der Waals surface area (Å²) in [5, 5.41) is 6.30. The lowest BCUT2D eigenvalue weighted by molar-refractivity contribution is 0.102. The Kier molecular flexibility index (Phi) is 4.93. The molecular weight excluding hydrogens is 288 g/mol. The van der Waals surface area contributed by atoms with Crippen LogP contribution in [0.5, 0.6) is 0 Å². The van der Waals surface area contributed by atoms with Crippen LogP contribution in [0.2, 0.25) is 0 Å². The van der Waals surface area contributed by atoms with Crippen molar-refractivity contribution in [1.29, 1.82) is 0 Å². The molecule has 23 heavy (non-hydrogen) atoms. The van der Waals surface area contributed by atoms with Gasteiger partial charge in [0.2, 0.25) is 0 Å². The molecule has 1 amide bonds. The molecule has 120 valence electrons. The van der Waals surface area contributed by atoms with Gasteiger partial charge in [0.1, 0.15) is 0 Å². The average Bonchev–Trinajstić information content (AvgIpc) is 3.08. The predicted molar refractivity (Wildman–Crippen MR) is 93.0 cm³/mol. The fourth-order valence-corrected chi connectivity index (χ4v) is 2.73. The SMILES string of the molecule is Cc1ccccc1C(=O)Nc1ccc(NCC2CCCO2)cc1. The topological polar surface area (TPSA) is 50.4 Å². The van der Waals surface area contributed by atoms with E-state index in [1.54, 1.807) is 0 Å². The van der Waals surface area contributed by atoms with Crippen molar-refractivity contribution >= 4 is 17.3 Å². The first kappa shape index (κ1) is 15.6. The van der Waals surface area contributed by atoms with Crippen LogP contribution in [0.25, 0.3) is 0 Å². The van der Waals surface area contributed by atoms with E-state index >= 15 is 0 Å². The van der Waals surface area contributed by atoms with Crippen LogP contribution in [0, 0.1) is 6.92 Å². The molecule has 1 aliphatic rings. The Hall–Kier alpha value is -2.33. The van der Waals surface area contributed by atoms with Gasteiger partial charge < -0.3 is 15.4 Å². The van der Waals surface area contributed by atoms with E-state index in [1.807, 2.05) is 55.5 Å². The number of anilines is 2. The Morgan fingerprint density at radius 2 is 1.87 bits per heavy atom. The van der Waals surface area contributed by atoms with E-state index in [0.717, 1.165) is 42.9 Å². The van der Waals surface area contributed by atoms with Gasteiger partial charge in [-0.2, -0.15) is 0 Å². The zero-order chi connectivity index (χ0) is 16.1. The Morgan fingerprint density at radius 3 is 2.57 bits per heavy atom. The van der Waals surface area contributed by atoms with Crippen molar-refractivity contribution in [2.75, 3.05) is 23.8 Å². The molecule has 1 heterocycles. The number of nitrogens with one attached hydrogen (secondary N) is 2. The van der Waals surface area contributed by atoms with Crippen molar-refractivity contribution in [2.45, 2.75) is 25.9 Å². The van der Waals surface area contributed by atoms with Crippen LogP contribution in [0.3, 0.4) is 0 Å². The van der Waals surface area contributed by atoms with E-state index in [0.29, 0.717) is 11.7 Å². The van der Waals surface area contributed by atoms with Gasteiger partial charge in [-0.05, 0) is 55.7 Å². The fraction of sp³-hybridized carbons (Fsp3) is 0.316. The third-order valence-corrected chi connectivity index (χ3v) is 4.09. The van der Waals surface area contributed by atoms with Crippen molar-refractivity contribution in [3.63, 3.8) is 0 Å². The molecule has 1 saturated heterocycles. The summed E-state index contributed by atoms with van der Waals surface area (Å²) in [6, 6.07) is 15.3. The lowest BCUT2D eigenvalue weighted by atomic mass is 10.1. The van der Waals surface area contributed by atoms with Gasteiger partial charge in [0.15, 0.2) is 0 Å². The van der Waals surface area contributed by atoms with Crippen LogP contribution >= 0.6 is 0 Å². The van der Waals surface area contributed by atoms with Crippen molar-refractivity contribution in [2.24, 2.45) is 0 Å². The van der Waals surface area contributed by atoms with Crippen molar-refractivity contribution in [3.05, 3.63) is 59.7 Å². The van der Waals surface area contributed by atoms with Gasteiger partial charge >= 0.3 is 0 Å². The van der Waals surface area contributed by atoms with E-state index < -0.39 is 0 Å². The molecule has 0 bridgehead atoms. The standard InChI is InChI=1S/C19H22N2O2/c1-14-5-2-3-7-18(14)19(22)21-16-10-8-15(9-11-16)20-13-17-6-4-12-23-17/h2-3,5,7-11,17,20H,4,6,12-13H2,1H3,(H,21,22). The fourth-order valence-electron chi connectivity index (χ4n) is 2.73. The molecule has 0 radical (unpaired) electrons. The lowest BCUT2D eigenvalue weighted by Crippen LogP contribution is -2.18. The number of amides is 1. The van der Waals surface area contributed by atoms with Crippen LogP contribution in [0.1, 0.15) is 28.8 Å². The van der Waals surface area contributed by atoms with Crippen LogP contribution in [0.15, 0.2) is 48.5 Å². The van der Waals surface area contributed by atoms with E-state index in [1.165, 1.54) is 0 Å². The number of hydrogen-bond donors (Lipinski definition) is 2. The molecule has 1 unspecified atom stereocenters. The van der Waals surface area contributed by atoms with Gasteiger partial charge in [0, 0.05) is 30.1 Å². The highest BCUT2D eigenvalue weighted by molar-refractivity contribution is 6.05. The van der Waals surface area contributed by atoms with Crippen LogP contribution in [0.4, 0.5) is 11.4 Å². The minimum absolute atomic E-state index is 0.0804. The molecule has 2 N–H and O–H groups in total. The largest absolute Gasteiger partial charge is 0.382 e. The minimum Gasteiger partial charge on any atom is -0.382 e. The summed E-state index contributed by atoms with van der Waals surface area (Å²) in [7, 11) is 0. The molecule has 2 aromatic carbocycles. The zero-order valence-corrected chi connectivity index (χ0v) is 13.3. The van der Waals surface area contributed by atoms with E-state index in [2.05, 4.69) is 10.6 Å². The van der Waals surface area contributed by atoms with Crippen molar-refractivity contribution in [3.8, 4) is 0 Å². The van der Waals surface area contributed by atoms with Crippen LogP contribution in [-0.4, -0.2) is 25.2 Å². The second kappa shape index (κ2) is 7.29. The normalized spacial score (nSPS) is 17.0. The highest BCUT2D eigenvalue weighted by atomic mass is 16.5. The quantitative estimate of drug-likeness (QED) is 0.882. The van der Waals surface area contributed by atoms with E-state index in [4.69, 9.17) is 4.74 Å². The highest BCUT2D eigenvalue weighted by Crippen LogP contribution is 2.17. The Balaban J connectivity index is 1.56. The summed E-state index contributed by atoms with van der Waals surface area (Å²) in [5.41, 5.74) is 3.50. The van der Waals surface area contributed by atoms with Gasteiger partial charge in [0.25, 0.3) is 5.91 Å². The van der Waals surface area contributed by atoms with Crippen LogP contribution < -0.4 is 10.6 Å². The molecule has 0 aromatic heterocycles. The van der Waals surface area contributed by atoms with Gasteiger partial charge in [0.05, 0.1) is 6.10 Å². The third kappa shape index (κ3) is 4.11. The third-order valence-electron chi connectivity index (χ3n) is 4.09.